The monoisotopic (exact) mass is 227 g/mol. The van der Waals surface area contributed by atoms with Crippen molar-refractivity contribution in [3.05, 3.63) is 34.6 Å². The van der Waals surface area contributed by atoms with Crippen LogP contribution in [-0.4, -0.2) is 12.6 Å². The van der Waals surface area contributed by atoms with E-state index in [-0.39, 0.29) is 5.82 Å². The van der Waals surface area contributed by atoms with Gasteiger partial charge in [0.15, 0.2) is 0 Å². The van der Waals surface area contributed by atoms with Crippen LogP contribution in [0.4, 0.5) is 4.39 Å². The molecule has 1 fully saturated rings. The lowest BCUT2D eigenvalue weighted by atomic mass is 9.93. The molecule has 1 N–H and O–H groups in total. The van der Waals surface area contributed by atoms with Crippen molar-refractivity contribution >= 4 is 11.6 Å². The quantitative estimate of drug-likeness (QED) is 0.833. The van der Waals surface area contributed by atoms with Crippen molar-refractivity contribution in [3.8, 4) is 0 Å². The Hall–Kier alpha value is -0.600. The molecule has 2 rings (SSSR count). The molecule has 0 unspecified atom stereocenters. The molecule has 1 aliphatic carbocycles. The third-order valence-corrected chi connectivity index (χ3v) is 3.33. The molecule has 0 saturated heterocycles. The maximum atomic E-state index is 13.4. The summed E-state index contributed by atoms with van der Waals surface area (Å²) >= 11 is 5.92. The second kappa shape index (κ2) is 4.95. The topological polar surface area (TPSA) is 12.0 Å². The van der Waals surface area contributed by atoms with Crippen LogP contribution < -0.4 is 5.32 Å². The molecule has 0 bridgehead atoms. The highest BCUT2D eigenvalue weighted by atomic mass is 35.5. The molecule has 15 heavy (non-hydrogen) atoms. The largest absolute Gasteiger partial charge is 0.314 e. The van der Waals surface area contributed by atoms with E-state index in [1.807, 2.05) is 0 Å². The Balaban J connectivity index is 1.86. The van der Waals surface area contributed by atoms with Crippen molar-refractivity contribution in [2.24, 2.45) is 0 Å². The lowest BCUT2D eigenvalue weighted by Crippen LogP contribution is -2.36. The van der Waals surface area contributed by atoms with Gasteiger partial charge in [-0.05, 0) is 37.9 Å². The van der Waals surface area contributed by atoms with Gasteiger partial charge in [0.05, 0.1) is 0 Å². The van der Waals surface area contributed by atoms with Crippen LogP contribution in [0.5, 0.6) is 0 Å². The smallest absolute Gasteiger partial charge is 0.127 e. The minimum absolute atomic E-state index is 0.196. The predicted octanol–water partition coefficient (Wildman–Crippen LogP) is 3.16. The van der Waals surface area contributed by atoms with E-state index in [1.54, 1.807) is 12.1 Å². The van der Waals surface area contributed by atoms with Crippen LogP contribution >= 0.6 is 11.6 Å². The van der Waals surface area contributed by atoms with E-state index in [0.29, 0.717) is 23.0 Å². The van der Waals surface area contributed by atoms with Crippen molar-refractivity contribution < 1.29 is 4.39 Å². The summed E-state index contributed by atoms with van der Waals surface area (Å²) in [6.45, 7) is 0.811. The Kier molecular flexibility index (Phi) is 3.60. The highest BCUT2D eigenvalue weighted by molar-refractivity contribution is 6.31. The van der Waals surface area contributed by atoms with Gasteiger partial charge in [-0.1, -0.05) is 24.1 Å². The SMILES string of the molecule is Fc1cccc(Cl)c1CCNC1CCC1. The number of rotatable bonds is 4. The summed E-state index contributed by atoms with van der Waals surface area (Å²) in [6.07, 6.45) is 4.50. The molecule has 1 saturated carbocycles. The van der Waals surface area contributed by atoms with Crippen LogP contribution in [-0.2, 0) is 6.42 Å². The predicted molar refractivity (Wildman–Crippen MR) is 60.8 cm³/mol. The molecule has 0 aromatic heterocycles. The molecule has 3 heteroatoms. The zero-order valence-corrected chi connectivity index (χ0v) is 9.36. The molecule has 0 spiro atoms. The highest BCUT2D eigenvalue weighted by Crippen LogP contribution is 2.20. The number of hydrogen-bond donors (Lipinski definition) is 1. The molecular formula is C12H15ClFN. The van der Waals surface area contributed by atoms with Crippen molar-refractivity contribution in [3.63, 3.8) is 0 Å². The third-order valence-electron chi connectivity index (χ3n) is 2.97. The maximum absolute atomic E-state index is 13.4. The van der Waals surface area contributed by atoms with Crippen LogP contribution in [0.3, 0.4) is 0 Å². The van der Waals surface area contributed by atoms with E-state index < -0.39 is 0 Å². The summed E-state index contributed by atoms with van der Waals surface area (Å²) in [4.78, 5) is 0. The Morgan fingerprint density at radius 3 is 2.80 bits per heavy atom. The Morgan fingerprint density at radius 2 is 2.20 bits per heavy atom. The molecule has 0 amide bonds. The zero-order chi connectivity index (χ0) is 10.7. The maximum Gasteiger partial charge on any atom is 0.127 e. The first-order chi connectivity index (χ1) is 7.27. The van der Waals surface area contributed by atoms with Gasteiger partial charge in [0.25, 0.3) is 0 Å². The molecule has 0 aliphatic heterocycles. The van der Waals surface area contributed by atoms with Crippen molar-refractivity contribution in [1.29, 1.82) is 0 Å². The highest BCUT2D eigenvalue weighted by Gasteiger charge is 2.16. The van der Waals surface area contributed by atoms with E-state index in [9.17, 15) is 4.39 Å². The Labute approximate surface area is 94.6 Å². The van der Waals surface area contributed by atoms with Gasteiger partial charge in [-0.15, -0.1) is 0 Å². The van der Waals surface area contributed by atoms with Crippen LogP contribution in [0.2, 0.25) is 5.02 Å². The summed E-state index contributed by atoms with van der Waals surface area (Å²) in [5.74, 6) is -0.196. The first-order valence-corrected chi connectivity index (χ1v) is 5.81. The average molecular weight is 228 g/mol. The van der Waals surface area contributed by atoms with Crippen molar-refractivity contribution in [1.82, 2.24) is 5.32 Å². The van der Waals surface area contributed by atoms with Gasteiger partial charge in [0.2, 0.25) is 0 Å². The van der Waals surface area contributed by atoms with E-state index in [1.165, 1.54) is 25.3 Å². The van der Waals surface area contributed by atoms with Crippen LogP contribution in [0, 0.1) is 5.82 Å². The fraction of sp³-hybridized carbons (Fsp3) is 0.500. The average Bonchev–Trinajstić information content (AvgIpc) is 2.13. The fourth-order valence-electron chi connectivity index (χ4n) is 1.78. The molecule has 82 valence electrons. The Morgan fingerprint density at radius 1 is 1.40 bits per heavy atom. The first kappa shape index (κ1) is 10.9. The molecule has 0 radical (unpaired) electrons. The second-order valence-electron chi connectivity index (χ2n) is 4.03. The molecule has 1 aromatic rings. The zero-order valence-electron chi connectivity index (χ0n) is 8.60. The Bertz CT molecular complexity index is 316. The summed E-state index contributed by atoms with van der Waals surface area (Å²) in [5, 5.41) is 3.93. The number of benzene rings is 1. The third kappa shape index (κ3) is 2.70. The van der Waals surface area contributed by atoms with Gasteiger partial charge in [-0.2, -0.15) is 0 Å². The standard InChI is InChI=1S/C12H15ClFN/c13-11-5-2-6-12(14)10(11)7-8-15-9-3-1-4-9/h2,5-6,9,15H,1,3-4,7-8H2. The number of halogens is 2. The second-order valence-corrected chi connectivity index (χ2v) is 4.44. The summed E-state index contributed by atoms with van der Waals surface area (Å²) in [5.41, 5.74) is 0.631. The summed E-state index contributed by atoms with van der Waals surface area (Å²) < 4.78 is 13.4. The fourth-order valence-corrected chi connectivity index (χ4v) is 2.04. The minimum atomic E-state index is -0.196. The van der Waals surface area contributed by atoms with E-state index in [4.69, 9.17) is 11.6 Å². The first-order valence-electron chi connectivity index (χ1n) is 5.43. The van der Waals surface area contributed by atoms with Crippen LogP contribution in [0.15, 0.2) is 18.2 Å². The minimum Gasteiger partial charge on any atom is -0.314 e. The van der Waals surface area contributed by atoms with Crippen LogP contribution in [0.1, 0.15) is 24.8 Å². The number of nitrogens with one attached hydrogen (secondary N) is 1. The van der Waals surface area contributed by atoms with E-state index in [2.05, 4.69) is 5.32 Å². The molecule has 1 aliphatic rings. The van der Waals surface area contributed by atoms with Gasteiger partial charge < -0.3 is 5.32 Å². The normalized spacial score (nSPS) is 16.4. The van der Waals surface area contributed by atoms with Gasteiger partial charge in [-0.25, -0.2) is 4.39 Å². The van der Waals surface area contributed by atoms with Crippen molar-refractivity contribution in [2.45, 2.75) is 31.7 Å². The lowest BCUT2D eigenvalue weighted by molar-refractivity contribution is 0.341. The molecule has 0 heterocycles. The van der Waals surface area contributed by atoms with Gasteiger partial charge in [0, 0.05) is 16.6 Å². The van der Waals surface area contributed by atoms with Gasteiger partial charge in [-0.3, -0.25) is 0 Å². The van der Waals surface area contributed by atoms with Crippen molar-refractivity contribution in [2.75, 3.05) is 6.54 Å². The van der Waals surface area contributed by atoms with E-state index >= 15 is 0 Å². The molecule has 1 nitrogen and oxygen atoms in total. The van der Waals surface area contributed by atoms with Gasteiger partial charge >= 0.3 is 0 Å². The molecule has 0 atom stereocenters. The van der Waals surface area contributed by atoms with E-state index in [0.717, 1.165) is 6.54 Å². The van der Waals surface area contributed by atoms with Crippen LogP contribution in [0.25, 0.3) is 0 Å². The number of hydrogen-bond acceptors (Lipinski definition) is 1. The molecule has 1 aromatic carbocycles. The summed E-state index contributed by atoms with van der Waals surface area (Å²) in [6, 6.07) is 5.49. The van der Waals surface area contributed by atoms with Gasteiger partial charge in [0.1, 0.15) is 5.82 Å². The molecular weight excluding hydrogens is 213 g/mol. The summed E-state index contributed by atoms with van der Waals surface area (Å²) in [7, 11) is 0. The lowest BCUT2D eigenvalue weighted by Gasteiger charge is -2.26.